The molecule has 0 N–H and O–H groups in total. The Morgan fingerprint density at radius 2 is 1.55 bits per heavy atom. The number of amides is 1. The fourth-order valence-corrected chi connectivity index (χ4v) is 3.55. The number of benzene rings is 1. The molecule has 0 unspecified atom stereocenters. The van der Waals surface area contributed by atoms with Gasteiger partial charge in [-0.25, -0.2) is 8.78 Å². The maximum absolute atomic E-state index is 13.8. The van der Waals surface area contributed by atoms with E-state index in [2.05, 4.69) is 0 Å². The number of carbonyl (C=O) groups is 1. The zero-order valence-corrected chi connectivity index (χ0v) is 12.7. The van der Waals surface area contributed by atoms with Crippen molar-refractivity contribution in [2.24, 2.45) is 5.92 Å². The lowest BCUT2D eigenvalue weighted by Gasteiger charge is -2.38. The Bertz CT molecular complexity index is 515. The van der Waals surface area contributed by atoms with Crippen LogP contribution >= 0.6 is 0 Å². The summed E-state index contributed by atoms with van der Waals surface area (Å²) in [7, 11) is 0. The minimum absolute atomic E-state index is 0.0345. The number of nitrogens with zero attached hydrogens (tertiary/aromatic N) is 2. The predicted molar refractivity (Wildman–Crippen MR) is 81.7 cm³/mol. The van der Waals surface area contributed by atoms with Gasteiger partial charge in [0.15, 0.2) is 0 Å². The monoisotopic (exact) mass is 308 g/mol. The van der Waals surface area contributed by atoms with Crippen LogP contribution in [0.2, 0.25) is 0 Å². The highest BCUT2D eigenvalue weighted by Gasteiger charge is 2.29. The van der Waals surface area contributed by atoms with Crippen LogP contribution < -0.4 is 4.90 Å². The van der Waals surface area contributed by atoms with Crippen LogP contribution in [0.15, 0.2) is 18.2 Å². The van der Waals surface area contributed by atoms with Gasteiger partial charge in [0.05, 0.1) is 0 Å². The maximum atomic E-state index is 13.8. The Labute approximate surface area is 129 Å². The molecule has 2 aliphatic rings. The van der Waals surface area contributed by atoms with Crippen molar-refractivity contribution in [1.82, 2.24) is 4.90 Å². The van der Waals surface area contributed by atoms with Gasteiger partial charge in [-0.3, -0.25) is 4.79 Å². The summed E-state index contributed by atoms with van der Waals surface area (Å²) in [5, 5.41) is 0. The molecule has 3 nitrogen and oxygen atoms in total. The van der Waals surface area contributed by atoms with Gasteiger partial charge in [-0.05, 0) is 25.0 Å². The van der Waals surface area contributed by atoms with E-state index in [1.54, 1.807) is 4.90 Å². The second-order valence-electron chi connectivity index (χ2n) is 6.22. The third kappa shape index (κ3) is 3.08. The minimum Gasteiger partial charge on any atom is -0.363 e. The second kappa shape index (κ2) is 6.63. The summed E-state index contributed by atoms with van der Waals surface area (Å²) in [6.07, 6.45) is 5.47. The molecule has 0 spiro atoms. The highest BCUT2D eigenvalue weighted by molar-refractivity contribution is 5.79. The smallest absolute Gasteiger partial charge is 0.225 e. The Hall–Kier alpha value is -1.65. The Kier molecular flexibility index (Phi) is 4.60. The molecule has 1 aromatic carbocycles. The molecular weight excluding hydrogens is 286 g/mol. The van der Waals surface area contributed by atoms with Crippen LogP contribution in [0.3, 0.4) is 0 Å². The minimum atomic E-state index is -0.535. The Morgan fingerprint density at radius 3 is 2.14 bits per heavy atom. The van der Waals surface area contributed by atoms with Gasteiger partial charge in [0.2, 0.25) is 5.91 Å². The van der Waals surface area contributed by atoms with Gasteiger partial charge in [-0.15, -0.1) is 0 Å². The normalized spacial score (nSPS) is 20.3. The van der Waals surface area contributed by atoms with Crippen molar-refractivity contribution in [3.63, 3.8) is 0 Å². The quantitative estimate of drug-likeness (QED) is 0.837. The van der Waals surface area contributed by atoms with Crippen molar-refractivity contribution >= 4 is 11.6 Å². The van der Waals surface area contributed by atoms with Crippen molar-refractivity contribution in [3.05, 3.63) is 29.8 Å². The molecule has 22 heavy (non-hydrogen) atoms. The molecule has 0 radical (unpaired) electrons. The van der Waals surface area contributed by atoms with Crippen molar-refractivity contribution in [3.8, 4) is 0 Å². The third-order valence-corrected chi connectivity index (χ3v) is 4.80. The lowest BCUT2D eigenvalue weighted by atomic mass is 9.88. The van der Waals surface area contributed by atoms with Crippen molar-refractivity contribution in [2.45, 2.75) is 32.1 Å². The van der Waals surface area contributed by atoms with Crippen LogP contribution in [-0.4, -0.2) is 37.0 Å². The van der Waals surface area contributed by atoms with E-state index in [4.69, 9.17) is 0 Å². The van der Waals surface area contributed by atoms with Crippen molar-refractivity contribution < 1.29 is 13.6 Å². The summed E-state index contributed by atoms with van der Waals surface area (Å²) in [6.45, 7) is 2.05. The number of anilines is 1. The molecule has 1 saturated heterocycles. The van der Waals surface area contributed by atoms with Gasteiger partial charge < -0.3 is 9.80 Å². The van der Waals surface area contributed by atoms with Crippen molar-refractivity contribution in [1.29, 1.82) is 0 Å². The van der Waals surface area contributed by atoms with Gasteiger partial charge in [-0.2, -0.15) is 0 Å². The average Bonchev–Trinajstić information content (AvgIpc) is 2.55. The first kappa shape index (κ1) is 15.3. The van der Waals surface area contributed by atoms with Crippen LogP contribution in [0.25, 0.3) is 0 Å². The number of piperazine rings is 1. The molecule has 0 aromatic heterocycles. The summed E-state index contributed by atoms with van der Waals surface area (Å²) in [6, 6.07) is 3.92. The van der Waals surface area contributed by atoms with Gasteiger partial charge >= 0.3 is 0 Å². The first-order valence-electron chi connectivity index (χ1n) is 8.14. The summed E-state index contributed by atoms with van der Waals surface area (Å²) in [4.78, 5) is 16.1. The topological polar surface area (TPSA) is 23.6 Å². The predicted octanol–water partition coefficient (Wildman–Crippen LogP) is 3.19. The molecule has 0 bridgehead atoms. The van der Waals surface area contributed by atoms with E-state index in [0.717, 1.165) is 25.7 Å². The number of carbonyl (C=O) groups excluding carboxylic acids is 1. The summed E-state index contributed by atoms with van der Waals surface area (Å²) < 4.78 is 27.6. The van der Waals surface area contributed by atoms with Crippen LogP contribution in [0.1, 0.15) is 32.1 Å². The molecule has 1 amide bonds. The molecule has 5 heteroatoms. The number of para-hydroxylation sites is 1. The van der Waals surface area contributed by atoms with Crippen LogP contribution in [0.4, 0.5) is 14.5 Å². The molecule has 0 atom stereocenters. The van der Waals surface area contributed by atoms with Gasteiger partial charge in [-0.1, -0.05) is 25.3 Å². The molecular formula is C17H22F2N2O. The van der Waals surface area contributed by atoms with E-state index in [1.807, 2.05) is 4.90 Å². The summed E-state index contributed by atoms with van der Waals surface area (Å²) in [5.41, 5.74) is 0.0345. The summed E-state index contributed by atoms with van der Waals surface area (Å²) >= 11 is 0. The number of halogens is 2. The van der Waals surface area contributed by atoms with E-state index < -0.39 is 11.6 Å². The lowest BCUT2D eigenvalue weighted by Crippen LogP contribution is -2.51. The number of hydrogen-bond donors (Lipinski definition) is 0. The summed E-state index contributed by atoms with van der Waals surface area (Å²) in [5.74, 6) is -0.682. The number of rotatable bonds is 2. The fourth-order valence-electron chi connectivity index (χ4n) is 3.55. The molecule has 1 heterocycles. The second-order valence-corrected chi connectivity index (χ2v) is 6.22. The standard InChI is InChI=1S/C17H22F2N2O/c18-14-7-4-8-15(19)16(14)20-9-11-21(12-10-20)17(22)13-5-2-1-3-6-13/h4,7-8,13H,1-3,5-6,9-12H2. The van der Waals surface area contributed by atoms with E-state index in [9.17, 15) is 13.6 Å². The SMILES string of the molecule is O=C(C1CCCCC1)N1CCN(c2c(F)cccc2F)CC1. The average molecular weight is 308 g/mol. The molecule has 1 aliphatic heterocycles. The molecule has 3 rings (SSSR count). The largest absolute Gasteiger partial charge is 0.363 e. The maximum Gasteiger partial charge on any atom is 0.225 e. The first-order valence-corrected chi connectivity index (χ1v) is 8.14. The van der Waals surface area contributed by atoms with Gasteiger partial charge in [0.25, 0.3) is 0 Å². The molecule has 2 fully saturated rings. The highest BCUT2D eigenvalue weighted by Crippen LogP contribution is 2.27. The molecule has 1 aliphatic carbocycles. The van der Waals surface area contributed by atoms with Gasteiger partial charge in [0.1, 0.15) is 17.3 Å². The fraction of sp³-hybridized carbons (Fsp3) is 0.588. The van der Waals surface area contributed by atoms with E-state index in [1.165, 1.54) is 24.6 Å². The van der Waals surface area contributed by atoms with E-state index >= 15 is 0 Å². The van der Waals surface area contributed by atoms with Gasteiger partial charge in [0, 0.05) is 32.1 Å². The first-order chi connectivity index (χ1) is 10.7. The molecule has 1 aromatic rings. The van der Waals surface area contributed by atoms with Crippen LogP contribution in [0.5, 0.6) is 0 Å². The van der Waals surface area contributed by atoms with Crippen LogP contribution in [-0.2, 0) is 4.79 Å². The third-order valence-electron chi connectivity index (χ3n) is 4.80. The van der Waals surface area contributed by atoms with E-state index in [-0.39, 0.29) is 17.5 Å². The zero-order chi connectivity index (χ0) is 15.5. The number of hydrogen-bond acceptors (Lipinski definition) is 2. The molecule has 120 valence electrons. The van der Waals surface area contributed by atoms with E-state index in [0.29, 0.717) is 26.2 Å². The zero-order valence-electron chi connectivity index (χ0n) is 12.7. The Balaban J connectivity index is 1.61. The molecule has 1 saturated carbocycles. The van der Waals surface area contributed by atoms with Crippen LogP contribution in [0, 0.1) is 17.6 Å². The lowest BCUT2D eigenvalue weighted by molar-refractivity contribution is -0.136. The highest BCUT2D eigenvalue weighted by atomic mass is 19.1. The Morgan fingerprint density at radius 1 is 0.955 bits per heavy atom. The van der Waals surface area contributed by atoms with Crippen molar-refractivity contribution in [2.75, 3.05) is 31.1 Å².